The van der Waals surface area contributed by atoms with Gasteiger partial charge in [-0.1, -0.05) is 12.1 Å². The van der Waals surface area contributed by atoms with E-state index >= 15 is 0 Å². The van der Waals surface area contributed by atoms with Crippen LogP contribution in [0.3, 0.4) is 0 Å². The lowest BCUT2D eigenvalue weighted by atomic mass is 10.2. The summed E-state index contributed by atoms with van der Waals surface area (Å²) in [5.41, 5.74) is 2.26. The number of pyridine rings is 1. The molecular formula is C19H16N6OS2. The third-order valence-electron chi connectivity index (χ3n) is 3.83. The third kappa shape index (κ3) is 4.26. The van der Waals surface area contributed by atoms with Crippen molar-refractivity contribution in [2.45, 2.75) is 17.6 Å². The van der Waals surface area contributed by atoms with Gasteiger partial charge < -0.3 is 5.32 Å². The number of carbonyl (C=O) groups excluding carboxylic acids is 1. The zero-order valence-corrected chi connectivity index (χ0v) is 16.6. The number of thioether (sulfide) groups is 1. The van der Waals surface area contributed by atoms with E-state index in [0.717, 1.165) is 21.3 Å². The first-order valence-corrected chi connectivity index (χ1v) is 10.3. The van der Waals surface area contributed by atoms with Crippen LogP contribution in [0.1, 0.15) is 21.1 Å². The largest absolute Gasteiger partial charge is 0.321 e. The Morgan fingerprint density at radius 1 is 1.25 bits per heavy atom. The molecule has 0 fully saturated rings. The second-order valence-corrected chi connectivity index (χ2v) is 7.92. The summed E-state index contributed by atoms with van der Waals surface area (Å²) in [6.45, 7) is 1.99. The van der Waals surface area contributed by atoms with Gasteiger partial charge in [0.1, 0.15) is 12.7 Å². The highest BCUT2D eigenvalue weighted by Crippen LogP contribution is 2.27. The van der Waals surface area contributed by atoms with Crippen molar-refractivity contribution in [1.29, 1.82) is 0 Å². The molecule has 1 aromatic carbocycles. The summed E-state index contributed by atoms with van der Waals surface area (Å²) >= 11 is 3.23. The minimum Gasteiger partial charge on any atom is -0.321 e. The molecule has 0 spiro atoms. The van der Waals surface area contributed by atoms with Crippen LogP contribution in [0.25, 0.3) is 5.82 Å². The van der Waals surface area contributed by atoms with E-state index in [0.29, 0.717) is 17.1 Å². The number of nitrogens with zero attached hydrogens (tertiary/aromatic N) is 5. The summed E-state index contributed by atoms with van der Waals surface area (Å²) < 4.78 is 1.55. The zero-order chi connectivity index (χ0) is 19.3. The number of nitrogens with one attached hydrogen (secondary N) is 1. The van der Waals surface area contributed by atoms with Gasteiger partial charge in [-0.05, 0) is 31.2 Å². The lowest BCUT2D eigenvalue weighted by Crippen LogP contribution is -2.13. The van der Waals surface area contributed by atoms with Crippen molar-refractivity contribution in [1.82, 2.24) is 24.7 Å². The van der Waals surface area contributed by atoms with Crippen LogP contribution in [-0.4, -0.2) is 30.6 Å². The minimum absolute atomic E-state index is 0.173. The quantitative estimate of drug-likeness (QED) is 0.486. The SMILES string of the molecule is Cc1nc(CSc2ccccc2C(=O)Nc2ccc(-n3cncn3)nc2)cs1. The number of carbonyl (C=O) groups is 1. The number of hydrogen-bond acceptors (Lipinski definition) is 7. The Morgan fingerprint density at radius 2 is 2.14 bits per heavy atom. The van der Waals surface area contributed by atoms with Crippen molar-refractivity contribution >= 4 is 34.7 Å². The molecule has 3 heterocycles. The van der Waals surface area contributed by atoms with E-state index in [9.17, 15) is 4.79 Å². The Hall–Kier alpha value is -3.04. The van der Waals surface area contributed by atoms with Crippen LogP contribution in [0.5, 0.6) is 0 Å². The highest BCUT2D eigenvalue weighted by molar-refractivity contribution is 7.98. The normalized spacial score (nSPS) is 10.8. The van der Waals surface area contributed by atoms with E-state index in [-0.39, 0.29) is 5.91 Å². The number of thiazole rings is 1. The van der Waals surface area contributed by atoms with Gasteiger partial charge in [0.15, 0.2) is 5.82 Å². The molecule has 4 rings (SSSR count). The fourth-order valence-electron chi connectivity index (χ4n) is 2.53. The maximum Gasteiger partial charge on any atom is 0.256 e. The van der Waals surface area contributed by atoms with E-state index in [4.69, 9.17) is 0 Å². The number of rotatable bonds is 6. The highest BCUT2D eigenvalue weighted by Gasteiger charge is 2.13. The predicted octanol–water partition coefficient (Wildman–Crippen LogP) is 3.97. The van der Waals surface area contributed by atoms with Gasteiger partial charge >= 0.3 is 0 Å². The van der Waals surface area contributed by atoms with Gasteiger partial charge in [-0.15, -0.1) is 23.1 Å². The van der Waals surface area contributed by atoms with Crippen LogP contribution >= 0.6 is 23.1 Å². The molecule has 9 heteroatoms. The Bertz CT molecular complexity index is 1080. The molecule has 4 aromatic rings. The molecule has 3 aromatic heterocycles. The standard InChI is InChI=1S/C19H16N6OS2/c1-13-23-15(9-27-13)10-28-17-5-3-2-4-16(17)19(26)24-14-6-7-18(21-8-14)25-12-20-11-22-25/h2-9,11-12H,10H2,1H3,(H,24,26). The van der Waals surface area contributed by atoms with E-state index in [1.807, 2.05) is 36.6 Å². The van der Waals surface area contributed by atoms with Crippen molar-refractivity contribution in [3.8, 4) is 5.82 Å². The monoisotopic (exact) mass is 408 g/mol. The number of hydrogen-bond donors (Lipinski definition) is 1. The molecule has 28 heavy (non-hydrogen) atoms. The van der Waals surface area contributed by atoms with E-state index < -0.39 is 0 Å². The van der Waals surface area contributed by atoms with Gasteiger partial charge in [0.2, 0.25) is 0 Å². The maximum atomic E-state index is 12.8. The zero-order valence-electron chi connectivity index (χ0n) is 14.9. The van der Waals surface area contributed by atoms with Crippen LogP contribution in [0.2, 0.25) is 0 Å². The molecule has 1 amide bonds. The van der Waals surface area contributed by atoms with Crippen LogP contribution in [0, 0.1) is 6.92 Å². The Kier molecular flexibility index (Phi) is 5.45. The maximum absolute atomic E-state index is 12.8. The van der Waals surface area contributed by atoms with Crippen LogP contribution in [0.15, 0.2) is 65.5 Å². The highest BCUT2D eigenvalue weighted by atomic mass is 32.2. The smallest absolute Gasteiger partial charge is 0.256 e. The van der Waals surface area contributed by atoms with Crippen molar-refractivity contribution in [3.63, 3.8) is 0 Å². The first kappa shape index (κ1) is 18.3. The van der Waals surface area contributed by atoms with Crippen molar-refractivity contribution in [2.24, 2.45) is 0 Å². The fraction of sp³-hybridized carbons (Fsp3) is 0.105. The van der Waals surface area contributed by atoms with Crippen LogP contribution in [-0.2, 0) is 5.75 Å². The molecule has 0 bridgehead atoms. The van der Waals surface area contributed by atoms with Crippen LogP contribution < -0.4 is 5.32 Å². The second kappa shape index (κ2) is 8.32. The molecule has 0 unspecified atom stereocenters. The third-order valence-corrected chi connectivity index (χ3v) is 5.76. The molecule has 1 N–H and O–H groups in total. The molecule has 140 valence electrons. The average Bonchev–Trinajstić information content (AvgIpc) is 3.39. The molecule has 0 saturated carbocycles. The molecule has 0 radical (unpaired) electrons. The Labute approximate surface area is 169 Å². The first-order valence-electron chi connectivity index (χ1n) is 8.44. The second-order valence-electron chi connectivity index (χ2n) is 5.84. The van der Waals surface area contributed by atoms with Crippen molar-refractivity contribution in [3.05, 3.63) is 76.9 Å². The number of benzene rings is 1. The molecule has 0 aliphatic rings. The van der Waals surface area contributed by atoms with Gasteiger partial charge in [-0.3, -0.25) is 4.79 Å². The average molecular weight is 409 g/mol. The van der Waals surface area contributed by atoms with E-state index in [2.05, 4.69) is 25.4 Å². The lowest BCUT2D eigenvalue weighted by molar-refractivity contribution is 0.102. The van der Waals surface area contributed by atoms with Gasteiger partial charge in [-0.2, -0.15) is 5.10 Å². The number of aryl methyl sites for hydroxylation is 1. The van der Waals surface area contributed by atoms with Crippen molar-refractivity contribution < 1.29 is 4.79 Å². The van der Waals surface area contributed by atoms with Gasteiger partial charge in [-0.25, -0.2) is 19.6 Å². The summed E-state index contributed by atoms with van der Waals surface area (Å²) in [4.78, 5) is 26.4. The van der Waals surface area contributed by atoms with Crippen LogP contribution in [0.4, 0.5) is 5.69 Å². The number of anilines is 1. The predicted molar refractivity (Wildman–Crippen MR) is 110 cm³/mol. The first-order chi connectivity index (χ1) is 13.7. The molecule has 7 nitrogen and oxygen atoms in total. The summed E-state index contributed by atoms with van der Waals surface area (Å²) in [5.74, 6) is 1.18. The molecular weight excluding hydrogens is 392 g/mol. The molecule has 0 atom stereocenters. The fourth-order valence-corrected chi connectivity index (χ4v) is 4.19. The summed E-state index contributed by atoms with van der Waals surface area (Å²) in [6, 6.07) is 11.1. The van der Waals surface area contributed by atoms with E-state index in [1.165, 1.54) is 6.33 Å². The Morgan fingerprint density at radius 3 is 2.86 bits per heavy atom. The molecule has 0 saturated heterocycles. The van der Waals surface area contributed by atoms with Gasteiger partial charge in [0, 0.05) is 16.0 Å². The summed E-state index contributed by atoms with van der Waals surface area (Å²) in [7, 11) is 0. The van der Waals surface area contributed by atoms with Gasteiger partial charge in [0.25, 0.3) is 5.91 Å². The topological polar surface area (TPSA) is 85.6 Å². The van der Waals surface area contributed by atoms with E-state index in [1.54, 1.807) is 52.4 Å². The summed E-state index contributed by atoms with van der Waals surface area (Å²) in [6.07, 6.45) is 4.61. The Balaban J connectivity index is 1.46. The molecule has 0 aliphatic heterocycles. The van der Waals surface area contributed by atoms with Crippen molar-refractivity contribution in [2.75, 3.05) is 5.32 Å². The number of aromatic nitrogens is 5. The lowest BCUT2D eigenvalue weighted by Gasteiger charge is -2.10. The molecule has 0 aliphatic carbocycles. The van der Waals surface area contributed by atoms with Gasteiger partial charge in [0.05, 0.1) is 28.1 Å². The number of amides is 1. The minimum atomic E-state index is -0.173. The summed E-state index contributed by atoms with van der Waals surface area (Å²) in [5, 5.41) is 10.0.